The molecule has 1 N–H and O–H groups in total. The van der Waals surface area contributed by atoms with Crippen molar-refractivity contribution in [3.63, 3.8) is 0 Å². The zero-order valence-corrected chi connectivity index (χ0v) is 9.09. The van der Waals surface area contributed by atoms with Gasteiger partial charge in [-0.15, -0.1) is 0 Å². The first-order chi connectivity index (χ1) is 4.98. The predicted octanol–water partition coefficient (Wildman–Crippen LogP) is 2.58. The summed E-state index contributed by atoms with van der Waals surface area (Å²) in [7, 11) is -1.34. The van der Waals surface area contributed by atoms with Crippen LogP contribution in [0.25, 0.3) is 0 Å². The second kappa shape index (κ2) is 4.73. The Labute approximate surface area is 71.1 Å². The smallest absolute Gasteiger partial charge is 0.0830 e. The van der Waals surface area contributed by atoms with Gasteiger partial charge in [0.2, 0.25) is 0 Å². The van der Waals surface area contributed by atoms with E-state index in [1.807, 2.05) is 6.08 Å². The molecule has 0 aliphatic heterocycles. The Bertz CT molecular complexity index is 124. The van der Waals surface area contributed by atoms with Crippen molar-refractivity contribution in [3.8, 4) is 0 Å². The average Bonchev–Trinajstić information content (AvgIpc) is 1.86. The lowest BCUT2D eigenvalue weighted by molar-refractivity contribution is 0.290. The van der Waals surface area contributed by atoms with Gasteiger partial charge >= 0.3 is 0 Å². The molecule has 0 heterocycles. The maximum absolute atomic E-state index is 9.59. The maximum atomic E-state index is 9.59. The fraction of sp³-hybridized carbons (Fsp3) is 0.778. The van der Waals surface area contributed by atoms with Crippen LogP contribution in [0.2, 0.25) is 19.6 Å². The van der Waals surface area contributed by atoms with Crippen LogP contribution in [0.1, 0.15) is 19.8 Å². The van der Waals surface area contributed by atoms with Crippen molar-refractivity contribution in [1.82, 2.24) is 0 Å². The topological polar surface area (TPSA) is 20.2 Å². The van der Waals surface area contributed by atoms with E-state index in [2.05, 4.69) is 32.6 Å². The summed E-state index contributed by atoms with van der Waals surface area (Å²) < 4.78 is 0. The van der Waals surface area contributed by atoms with Gasteiger partial charge in [0.1, 0.15) is 0 Å². The maximum Gasteiger partial charge on any atom is 0.0830 e. The van der Waals surface area contributed by atoms with E-state index in [1.54, 1.807) is 0 Å². The van der Waals surface area contributed by atoms with Crippen LogP contribution in [0.4, 0.5) is 0 Å². The van der Waals surface area contributed by atoms with Crippen molar-refractivity contribution < 1.29 is 5.11 Å². The Morgan fingerprint density at radius 2 is 1.91 bits per heavy atom. The van der Waals surface area contributed by atoms with Crippen LogP contribution in [-0.4, -0.2) is 18.9 Å². The molecule has 11 heavy (non-hydrogen) atoms. The predicted molar refractivity (Wildman–Crippen MR) is 53.4 cm³/mol. The highest BCUT2D eigenvalue weighted by Crippen LogP contribution is 2.08. The Kier molecular flexibility index (Phi) is 4.69. The highest BCUT2D eigenvalue weighted by atomic mass is 28.3. The molecule has 0 aromatic rings. The van der Waals surface area contributed by atoms with E-state index in [9.17, 15) is 5.11 Å². The summed E-state index contributed by atoms with van der Waals surface area (Å²) in [5, 5.41) is 9.59. The molecule has 0 saturated heterocycles. The van der Waals surface area contributed by atoms with Crippen LogP contribution >= 0.6 is 0 Å². The Hall–Kier alpha value is -0.0831. The lowest BCUT2D eigenvalue weighted by Crippen LogP contribution is -2.36. The first kappa shape index (κ1) is 10.9. The summed E-state index contributed by atoms with van der Waals surface area (Å²) in [6.07, 6.45) is 6.29. The number of aliphatic hydroxyl groups is 1. The number of hydrogen-bond donors (Lipinski definition) is 1. The molecule has 0 rings (SSSR count). The molecule has 0 aliphatic carbocycles. The highest BCUT2D eigenvalue weighted by Gasteiger charge is 2.21. The zero-order valence-electron chi connectivity index (χ0n) is 8.09. The molecule has 0 spiro atoms. The summed E-state index contributed by atoms with van der Waals surface area (Å²) >= 11 is 0. The largest absolute Gasteiger partial charge is 0.393 e. The van der Waals surface area contributed by atoms with Gasteiger partial charge in [-0.2, -0.15) is 0 Å². The minimum atomic E-state index is -1.34. The van der Waals surface area contributed by atoms with Crippen molar-refractivity contribution >= 4 is 8.07 Å². The first-order valence-corrected chi connectivity index (χ1v) is 7.91. The molecule has 0 unspecified atom stereocenters. The summed E-state index contributed by atoms with van der Waals surface area (Å²) in [6.45, 7) is 8.67. The standard InChI is InChI=1S/C9H20OSi/c1-5-6-7-8-9(10)11(2,3)4/h7-10H,5-6H2,1-4H3/b8-7+/t9-/m0/s1. The van der Waals surface area contributed by atoms with Crippen LogP contribution in [0.3, 0.4) is 0 Å². The van der Waals surface area contributed by atoms with Crippen molar-refractivity contribution in [1.29, 1.82) is 0 Å². The third-order valence-electron chi connectivity index (χ3n) is 1.66. The first-order valence-electron chi connectivity index (χ1n) is 4.33. The van der Waals surface area contributed by atoms with Crippen LogP contribution in [0.15, 0.2) is 12.2 Å². The molecule has 0 radical (unpaired) electrons. The molecular formula is C9H20OSi. The summed E-state index contributed by atoms with van der Waals surface area (Å²) in [4.78, 5) is 0. The molecular weight excluding hydrogens is 152 g/mol. The van der Waals surface area contributed by atoms with Crippen molar-refractivity contribution in [2.24, 2.45) is 0 Å². The van der Waals surface area contributed by atoms with Crippen molar-refractivity contribution in [3.05, 3.63) is 12.2 Å². The Morgan fingerprint density at radius 1 is 1.36 bits per heavy atom. The Balaban J connectivity index is 3.77. The molecule has 0 aromatic heterocycles. The van der Waals surface area contributed by atoms with E-state index in [0.29, 0.717) is 0 Å². The number of hydrogen-bond acceptors (Lipinski definition) is 1. The highest BCUT2D eigenvalue weighted by molar-refractivity contribution is 6.77. The third kappa shape index (κ3) is 5.22. The minimum Gasteiger partial charge on any atom is -0.393 e. The lowest BCUT2D eigenvalue weighted by Gasteiger charge is -2.20. The van der Waals surface area contributed by atoms with E-state index in [1.165, 1.54) is 0 Å². The molecule has 0 aromatic carbocycles. The van der Waals surface area contributed by atoms with Gasteiger partial charge in [-0.1, -0.05) is 45.1 Å². The molecule has 1 atom stereocenters. The van der Waals surface area contributed by atoms with E-state index in [4.69, 9.17) is 0 Å². The van der Waals surface area contributed by atoms with E-state index in [0.717, 1.165) is 12.8 Å². The van der Waals surface area contributed by atoms with Crippen LogP contribution in [-0.2, 0) is 0 Å². The number of unbranched alkanes of at least 4 members (excludes halogenated alkanes) is 1. The number of aliphatic hydroxyl groups excluding tert-OH is 1. The average molecular weight is 172 g/mol. The molecule has 1 nitrogen and oxygen atoms in total. The second-order valence-electron chi connectivity index (χ2n) is 4.03. The summed E-state index contributed by atoms with van der Waals surface area (Å²) in [6, 6.07) is 0. The van der Waals surface area contributed by atoms with E-state index < -0.39 is 8.07 Å². The van der Waals surface area contributed by atoms with Gasteiger partial charge in [0.25, 0.3) is 0 Å². The molecule has 66 valence electrons. The van der Waals surface area contributed by atoms with Gasteiger partial charge in [0.05, 0.1) is 13.8 Å². The molecule has 0 bridgehead atoms. The number of rotatable bonds is 4. The van der Waals surface area contributed by atoms with Gasteiger partial charge in [0, 0.05) is 0 Å². The fourth-order valence-electron chi connectivity index (χ4n) is 0.680. The minimum absolute atomic E-state index is 0.172. The van der Waals surface area contributed by atoms with Gasteiger partial charge in [-0.3, -0.25) is 0 Å². The van der Waals surface area contributed by atoms with Gasteiger partial charge in [-0.25, -0.2) is 0 Å². The van der Waals surface area contributed by atoms with E-state index >= 15 is 0 Å². The fourth-order valence-corrected chi connectivity index (χ4v) is 1.39. The van der Waals surface area contributed by atoms with Crippen LogP contribution in [0, 0.1) is 0 Å². The molecule has 0 aliphatic rings. The number of allylic oxidation sites excluding steroid dienone is 1. The third-order valence-corrected chi connectivity index (χ3v) is 3.63. The van der Waals surface area contributed by atoms with Gasteiger partial charge < -0.3 is 5.11 Å². The zero-order chi connectivity index (χ0) is 8.91. The molecule has 0 amide bonds. The SMILES string of the molecule is CCC/C=C/[C@@H](O)[Si](C)(C)C. The summed E-state index contributed by atoms with van der Waals surface area (Å²) in [5.41, 5.74) is -0.172. The van der Waals surface area contributed by atoms with Crippen molar-refractivity contribution in [2.45, 2.75) is 45.1 Å². The molecule has 0 fully saturated rings. The van der Waals surface area contributed by atoms with Crippen LogP contribution < -0.4 is 0 Å². The summed E-state index contributed by atoms with van der Waals surface area (Å²) in [5.74, 6) is 0. The molecule has 2 heteroatoms. The van der Waals surface area contributed by atoms with Crippen molar-refractivity contribution in [2.75, 3.05) is 0 Å². The quantitative estimate of drug-likeness (QED) is 0.510. The van der Waals surface area contributed by atoms with Crippen LogP contribution in [0.5, 0.6) is 0 Å². The molecule has 0 saturated carbocycles. The second-order valence-corrected chi connectivity index (χ2v) is 9.35. The van der Waals surface area contributed by atoms with E-state index in [-0.39, 0.29) is 5.73 Å². The normalized spacial score (nSPS) is 15.7. The van der Waals surface area contributed by atoms with Gasteiger partial charge in [0.15, 0.2) is 0 Å². The Morgan fingerprint density at radius 3 is 2.27 bits per heavy atom. The lowest BCUT2D eigenvalue weighted by atomic mass is 10.3. The monoisotopic (exact) mass is 172 g/mol. The van der Waals surface area contributed by atoms with Gasteiger partial charge in [-0.05, 0) is 6.42 Å².